The number of carbonyl (C=O) groups is 3. The van der Waals surface area contributed by atoms with Gasteiger partial charge in [-0.1, -0.05) is 80.3 Å². The van der Waals surface area contributed by atoms with Gasteiger partial charge in [0.05, 0.1) is 43.0 Å². The normalized spacial score (nSPS) is 17.7. The fourth-order valence-electron chi connectivity index (χ4n) is 7.88. The molecule has 7 rings (SSSR count). The third kappa shape index (κ3) is 8.64. The van der Waals surface area contributed by atoms with Crippen molar-refractivity contribution in [2.24, 2.45) is 5.92 Å². The molecule has 294 valence electrons. The fraction of sp³-hybridized carbons (Fsp3) is 0.356. The van der Waals surface area contributed by atoms with Crippen LogP contribution in [0.4, 0.5) is 4.79 Å². The van der Waals surface area contributed by atoms with E-state index in [1.54, 1.807) is 6.20 Å². The molecule has 0 radical (unpaired) electrons. The molecule has 3 amide bonds. The predicted octanol–water partition coefficient (Wildman–Crippen LogP) is 6.88. The van der Waals surface area contributed by atoms with Crippen LogP contribution in [0.1, 0.15) is 86.0 Å². The first-order valence-corrected chi connectivity index (χ1v) is 19.6. The molecule has 0 bridgehead atoms. The van der Waals surface area contributed by atoms with E-state index >= 15 is 0 Å². The molecule has 2 aromatic heterocycles. The number of hydrogen-bond donors (Lipinski definition) is 3. The van der Waals surface area contributed by atoms with Gasteiger partial charge in [0, 0.05) is 24.2 Å². The monoisotopic (exact) mass is 766 g/mol. The first kappa shape index (κ1) is 39.1. The molecule has 2 fully saturated rings. The number of ether oxygens (including phenoxy) is 1. The molecule has 2 saturated heterocycles. The minimum absolute atomic E-state index is 0.0912. The Kier molecular flexibility index (Phi) is 11.9. The minimum atomic E-state index is -0.682. The average molecular weight is 767 g/mol. The van der Waals surface area contributed by atoms with Gasteiger partial charge < -0.3 is 29.8 Å². The molecule has 12 nitrogen and oxygen atoms in total. The number of likely N-dealkylation sites (N-methyl/N-ethyl adjacent to an activating group) is 1. The number of benzene rings is 3. The van der Waals surface area contributed by atoms with Gasteiger partial charge >= 0.3 is 6.09 Å². The maximum atomic E-state index is 13.9. The lowest BCUT2D eigenvalue weighted by Gasteiger charge is -2.31. The number of aromatic nitrogens is 4. The summed E-state index contributed by atoms with van der Waals surface area (Å²) in [5.41, 5.74) is 6.47. The van der Waals surface area contributed by atoms with Crippen LogP contribution in [0.25, 0.3) is 22.5 Å². The molecular formula is C45H50N8O4. The number of imidazole rings is 2. The highest BCUT2D eigenvalue weighted by molar-refractivity contribution is 5.86. The van der Waals surface area contributed by atoms with Crippen LogP contribution in [0.2, 0.25) is 0 Å². The number of methoxy groups -OCH3 is 1. The summed E-state index contributed by atoms with van der Waals surface area (Å²) >= 11 is 0. The Balaban J connectivity index is 0.978. The second kappa shape index (κ2) is 17.3. The third-order valence-corrected chi connectivity index (χ3v) is 10.9. The van der Waals surface area contributed by atoms with Gasteiger partial charge in [-0.05, 0) is 86.7 Å². The molecule has 3 aromatic carbocycles. The topological polar surface area (TPSA) is 140 Å². The number of aromatic amines is 2. The maximum Gasteiger partial charge on any atom is 0.407 e. The van der Waals surface area contributed by atoms with Crippen LogP contribution in [0.5, 0.6) is 0 Å². The van der Waals surface area contributed by atoms with Crippen molar-refractivity contribution in [1.82, 2.24) is 40.0 Å². The van der Waals surface area contributed by atoms with E-state index in [2.05, 4.69) is 32.1 Å². The van der Waals surface area contributed by atoms with Gasteiger partial charge in [-0.25, -0.2) is 14.8 Å². The molecule has 5 aromatic rings. The van der Waals surface area contributed by atoms with Gasteiger partial charge in [-0.15, -0.1) is 0 Å². The summed E-state index contributed by atoms with van der Waals surface area (Å²) in [7, 11) is 5.19. The van der Waals surface area contributed by atoms with E-state index in [1.165, 1.54) is 7.11 Å². The van der Waals surface area contributed by atoms with Gasteiger partial charge in [0.1, 0.15) is 23.7 Å². The Hall–Kier alpha value is -6.19. The van der Waals surface area contributed by atoms with Crippen molar-refractivity contribution in [1.29, 1.82) is 0 Å². The van der Waals surface area contributed by atoms with Crippen LogP contribution < -0.4 is 5.32 Å². The zero-order valence-electron chi connectivity index (χ0n) is 33.2. The van der Waals surface area contributed by atoms with Crippen molar-refractivity contribution in [3.8, 4) is 34.4 Å². The highest BCUT2D eigenvalue weighted by Crippen LogP contribution is 2.36. The Labute approximate surface area is 334 Å². The molecule has 0 saturated carbocycles. The quantitative estimate of drug-likeness (QED) is 0.132. The molecule has 12 heteroatoms. The van der Waals surface area contributed by atoms with Crippen molar-refractivity contribution < 1.29 is 19.1 Å². The number of likely N-dealkylation sites (tertiary alicyclic amines) is 2. The molecule has 4 atom stereocenters. The van der Waals surface area contributed by atoms with E-state index in [9.17, 15) is 14.4 Å². The molecule has 0 spiro atoms. The van der Waals surface area contributed by atoms with Gasteiger partial charge in [-0.3, -0.25) is 14.5 Å². The van der Waals surface area contributed by atoms with E-state index in [0.717, 1.165) is 76.5 Å². The highest BCUT2D eigenvalue weighted by atomic mass is 16.5. The Morgan fingerprint density at radius 3 is 1.70 bits per heavy atom. The van der Waals surface area contributed by atoms with Crippen molar-refractivity contribution >= 4 is 17.9 Å². The van der Waals surface area contributed by atoms with Crippen LogP contribution >= 0.6 is 0 Å². The smallest absolute Gasteiger partial charge is 0.407 e. The van der Waals surface area contributed by atoms with Crippen LogP contribution in [-0.2, 0) is 14.3 Å². The number of nitrogens with zero attached hydrogens (tertiary/aromatic N) is 5. The number of hydrogen-bond acceptors (Lipinski definition) is 7. The largest absolute Gasteiger partial charge is 0.453 e. The molecule has 57 heavy (non-hydrogen) atoms. The van der Waals surface area contributed by atoms with Crippen LogP contribution in [0.3, 0.4) is 0 Å². The Bertz CT molecular complexity index is 2230. The lowest BCUT2D eigenvalue weighted by molar-refractivity contribution is -0.137. The van der Waals surface area contributed by atoms with Gasteiger partial charge in [-0.2, -0.15) is 0 Å². The number of carbonyl (C=O) groups excluding carboxylic acids is 3. The first-order valence-electron chi connectivity index (χ1n) is 19.6. The van der Waals surface area contributed by atoms with E-state index in [-0.39, 0.29) is 35.9 Å². The Morgan fingerprint density at radius 1 is 0.754 bits per heavy atom. The zero-order chi connectivity index (χ0) is 40.1. The summed E-state index contributed by atoms with van der Waals surface area (Å²) in [6.07, 6.45) is 6.46. The average Bonchev–Trinajstić information content (AvgIpc) is 4.06. The number of amides is 3. The van der Waals surface area contributed by atoms with Gasteiger partial charge in [0.25, 0.3) is 0 Å². The van der Waals surface area contributed by atoms with Gasteiger partial charge in [0.2, 0.25) is 11.8 Å². The third-order valence-electron chi connectivity index (χ3n) is 10.9. The summed E-state index contributed by atoms with van der Waals surface area (Å²) in [5, 5.41) is 2.69. The van der Waals surface area contributed by atoms with Crippen LogP contribution in [0, 0.1) is 17.8 Å². The summed E-state index contributed by atoms with van der Waals surface area (Å²) in [6.45, 7) is 5.11. The number of alkyl carbamates (subject to hydrolysis) is 1. The minimum Gasteiger partial charge on any atom is -0.453 e. The first-order chi connectivity index (χ1) is 27.6. The molecule has 3 N–H and O–H groups in total. The van der Waals surface area contributed by atoms with Crippen LogP contribution in [0.15, 0.2) is 91.3 Å². The number of nitrogens with one attached hydrogen (secondary N) is 3. The van der Waals surface area contributed by atoms with E-state index in [4.69, 9.17) is 9.72 Å². The maximum absolute atomic E-state index is 13.9. The predicted molar refractivity (Wildman–Crippen MR) is 218 cm³/mol. The molecule has 0 aliphatic carbocycles. The fourth-order valence-corrected chi connectivity index (χ4v) is 7.88. The van der Waals surface area contributed by atoms with Crippen molar-refractivity contribution in [3.63, 3.8) is 0 Å². The van der Waals surface area contributed by atoms with Crippen molar-refractivity contribution in [3.05, 3.63) is 120 Å². The molecule has 0 unspecified atom stereocenters. The van der Waals surface area contributed by atoms with Gasteiger partial charge in [0.15, 0.2) is 0 Å². The zero-order valence-corrected chi connectivity index (χ0v) is 33.2. The number of H-pyrrole nitrogens is 2. The summed E-state index contributed by atoms with van der Waals surface area (Å²) in [5.74, 6) is 7.93. The summed E-state index contributed by atoms with van der Waals surface area (Å²) in [6, 6.07) is 24.7. The summed E-state index contributed by atoms with van der Waals surface area (Å²) in [4.78, 5) is 61.4. The molecular weight excluding hydrogens is 717 g/mol. The van der Waals surface area contributed by atoms with E-state index in [1.807, 2.05) is 128 Å². The number of rotatable bonds is 10. The molecule has 2 aliphatic heterocycles. The summed E-state index contributed by atoms with van der Waals surface area (Å²) < 4.78 is 4.75. The lowest BCUT2D eigenvalue weighted by atomic mass is 10.0. The van der Waals surface area contributed by atoms with Crippen molar-refractivity contribution in [2.45, 2.75) is 63.7 Å². The van der Waals surface area contributed by atoms with Crippen molar-refractivity contribution in [2.75, 3.05) is 34.3 Å². The second-order valence-corrected chi connectivity index (χ2v) is 15.3. The van der Waals surface area contributed by atoms with E-state index < -0.39 is 12.1 Å². The second-order valence-electron chi connectivity index (χ2n) is 15.3. The standard InChI is InChI=1S/C45H50N8O4/c1-29(2)39(50-45(56)57-5)43(54)52-25-9-13-37(52)41-46-27-35(48-41)32-21-17-30(18-22-32)15-16-31-19-23-33(24-20-31)36-28-47-42(49-36)38-14-10-26-53(38)44(55)40(51(3)4)34-11-7-6-8-12-34/h6-8,11-12,17-24,27-29,37-40H,9-10,13-14,25-26H2,1-5H3,(H,46,48)(H,47,49)(H,50,56)/t37-,38-,39-,40+/m0/s1. The highest BCUT2D eigenvalue weighted by Gasteiger charge is 2.38. The molecule has 2 aliphatic rings. The van der Waals surface area contributed by atoms with Crippen LogP contribution in [-0.4, -0.2) is 92.9 Å². The Morgan fingerprint density at radius 2 is 1.25 bits per heavy atom. The SMILES string of the molecule is COC(=O)N[C@H](C(=O)N1CCC[C@H]1c1ncc(-c2ccc(C#Cc3ccc(-c4cnc([C@@H]5CCCN5C(=O)[C@@H](c5ccccc5)N(C)C)[nH]4)cc3)cc2)[nH]1)C(C)C. The lowest BCUT2D eigenvalue weighted by Crippen LogP contribution is -2.51. The molecule has 4 heterocycles. The van der Waals surface area contributed by atoms with E-state index in [0.29, 0.717) is 13.1 Å².